The molecule has 0 saturated heterocycles. The molecule has 5 heteroatoms. The molecule has 0 aliphatic rings. The lowest BCUT2D eigenvalue weighted by Crippen LogP contribution is -2.01. The van der Waals surface area contributed by atoms with Crippen molar-refractivity contribution in [3.8, 4) is 45.3 Å². The Morgan fingerprint density at radius 3 is 1.85 bits per heavy atom. The Hall–Kier alpha value is -6.17. The van der Waals surface area contributed by atoms with Crippen LogP contribution in [-0.2, 0) is 0 Å². The van der Waals surface area contributed by atoms with E-state index in [1.54, 1.807) is 11.3 Å². The minimum Gasteiger partial charge on any atom is -0.455 e. The minimum atomic E-state index is 0.583. The van der Waals surface area contributed by atoms with Crippen LogP contribution in [0.5, 0.6) is 0 Å². The SMILES string of the molecule is c1ccc(-c2ccc(-c3nc(-c4ccc5c(c4)sc4ccccc45)nc(-c4c5ccccc5cc5c4oc4ccccc45)n3)cc2)cc1. The van der Waals surface area contributed by atoms with Gasteiger partial charge in [0, 0.05) is 42.1 Å². The second kappa shape index (κ2) is 10.7. The average molecular weight is 632 g/mol. The van der Waals surface area contributed by atoms with Gasteiger partial charge < -0.3 is 4.42 Å². The molecule has 0 spiro atoms. The molecule has 7 aromatic carbocycles. The van der Waals surface area contributed by atoms with Crippen LogP contribution in [0.15, 0.2) is 156 Å². The van der Waals surface area contributed by atoms with E-state index in [0.29, 0.717) is 17.5 Å². The number of nitrogens with zero attached hydrogens (tertiary/aromatic N) is 3. The van der Waals surface area contributed by atoms with Crippen molar-refractivity contribution in [2.45, 2.75) is 0 Å². The highest BCUT2D eigenvalue weighted by Gasteiger charge is 2.21. The molecular formula is C43H25N3OS. The Morgan fingerprint density at radius 1 is 0.396 bits per heavy atom. The predicted octanol–water partition coefficient (Wildman–Crippen LogP) is 12.0. The van der Waals surface area contributed by atoms with Crippen molar-refractivity contribution >= 4 is 64.2 Å². The van der Waals surface area contributed by atoms with Gasteiger partial charge in [0.05, 0.1) is 5.56 Å². The second-order valence-corrected chi connectivity index (χ2v) is 13.1. The molecule has 3 heterocycles. The first kappa shape index (κ1) is 27.0. The Morgan fingerprint density at radius 2 is 1.00 bits per heavy atom. The van der Waals surface area contributed by atoms with Crippen LogP contribution in [0.2, 0.25) is 0 Å². The highest BCUT2D eigenvalue weighted by atomic mass is 32.1. The Balaban J connectivity index is 1.23. The average Bonchev–Trinajstić information content (AvgIpc) is 3.72. The molecule has 0 bridgehead atoms. The summed E-state index contributed by atoms with van der Waals surface area (Å²) in [6, 6.07) is 52.7. The maximum absolute atomic E-state index is 6.59. The highest BCUT2D eigenvalue weighted by Crippen LogP contribution is 2.41. The van der Waals surface area contributed by atoms with Gasteiger partial charge in [0.1, 0.15) is 11.2 Å². The summed E-state index contributed by atoms with van der Waals surface area (Å²) in [5, 5.41) is 6.76. The zero-order valence-electron chi connectivity index (χ0n) is 25.6. The van der Waals surface area contributed by atoms with E-state index in [9.17, 15) is 0 Å². The van der Waals surface area contributed by atoms with Gasteiger partial charge in [-0.1, -0.05) is 127 Å². The van der Waals surface area contributed by atoms with Gasteiger partial charge in [0.15, 0.2) is 17.5 Å². The minimum absolute atomic E-state index is 0.583. The van der Waals surface area contributed by atoms with Crippen LogP contribution in [0.25, 0.3) is 98.2 Å². The van der Waals surface area contributed by atoms with E-state index in [1.165, 1.54) is 25.7 Å². The number of thiophene rings is 1. The van der Waals surface area contributed by atoms with E-state index in [4.69, 9.17) is 19.4 Å². The zero-order valence-corrected chi connectivity index (χ0v) is 26.4. The summed E-state index contributed by atoms with van der Waals surface area (Å²) in [7, 11) is 0. The molecule has 0 aliphatic heterocycles. The third-order valence-electron chi connectivity index (χ3n) is 9.14. The van der Waals surface area contributed by atoms with Crippen molar-refractivity contribution in [3.63, 3.8) is 0 Å². The van der Waals surface area contributed by atoms with Crippen molar-refractivity contribution in [1.82, 2.24) is 15.0 Å². The van der Waals surface area contributed by atoms with E-state index in [2.05, 4.69) is 133 Å². The highest BCUT2D eigenvalue weighted by molar-refractivity contribution is 7.25. The maximum Gasteiger partial charge on any atom is 0.168 e. The Kier molecular flexibility index (Phi) is 6.01. The van der Waals surface area contributed by atoms with E-state index in [-0.39, 0.29) is 0 Å². The van der Waals surface area contributed by atoms with Gasteiger partial charge >= 0.3 is 0 Å². The molecule has 0 unspecified atom stereocenters. The van der Waals surface area contributed by atoms with Crippen LogP contribution in [0.4, 0.5) is 0 Å². The summed E-state index contributed by atoms with van der Waals surface area (Å²) in [4.78, 5) is 15.5. The fraction of sp³-hybridized carbons (Fsp3) is 0. The molecule has 10 rings (SSSR count). The largest absolute Gasteiger partial charge is 0.455 e. The normalized spacial score (nSPS) is 11.8. The molecule has 0 amide bonds. The molecule has 3 aromatic heterocycles. The lowest BCUT2D eigenvalue weighted by Gasteiger charge is -2.11. The number of aromatic nitrogens is 3. The molecule has 0 atom stereocenters. The van der Waals surface area contributed by atoms with Gasteiger partial charge in [-0.05, 0) is 46.2 Å². The molecular weight excluding hydrogens is 607 g/mol. The number of para-hydroxylation sites is 1. The maximum atomic E-state index is 6.59. The van der Waals surface area contributed by atoms with Crippen LogP contribution < -0.4 is 0 Å². The molecule has 224 valence electrons. The van der Waals surface area contributed by atoms with Crippen molar-refractivity contribution in [2.75, 3.05) is 0 Å². The first-order valence-electron chi connectivity index (χ1n) is 15.9. The van der Waals surface area contributed by atoms with Crippen LogP contribution in [0.3, 0.4) is 0 Å². The van der Waals surface area contributed by atoms with Crippen molar-refractivity contribution in [1.29, 1.82) is 0 Å². The summed E-state index contributed by atoms with van der Waals surface area (Å²) in [5.41, 5.74) is 6.66. The second-order valence-electron chi connectivity index (χ2n) is 12.0. The van der Waals surface area contributed by atoms with Crippen LogP contribution >= 0.6 is 11.3 Å². The van der Waals surface area contributed by atoms with E-state index < -0.39 is 0 Å². The number of hydrogen-bond acceptors (Lipinski definition) is 5. The molecule has 0 aliphatic carbocycles. The topological polar surface area (TPSA) is 51.8 Å². The van der Waals surface area contributed by atoms with Crippen molar-refractivity contribution in [2.24, 2.45) is 0 Å². The first-order chi connectivity index (χ1) is 23.8. The van der Waals surface area contributed by atoms with Gasteiger partial charge in [-0.2, -0.15) is 0 Å². The first-order valence-corrected chi connectivity index (χ1v) is 16.8. The zero-order chi connectivity index (χ0) is 31.6. The van der Waals surface area contributed by atoms with Gasteiger partial charge in [0.2, 0.25) is 0 Å². The molecule has 0 N–H and O–H groups in total. The Bertz CT molecular complexity index is 2830. The number of hydrogen-bond donors (Lipinski definition) is 0. The summed E-state index contributed by atoms with van der Waals surface area (Å²) in [6.45, 7) is 0. The number of fused-ring (bicyclic) bond motifs is 7. The third-order valence-corrected chi connectivity index (χ3v) is 10.3. The number of rotatable bonds is 4. The molecule has 0 radical (unpaired) electrons. The quantitative estimate of drug-likeness (QED) is 0.194. The van der Waals surface area contributed by atoms with Gasteiger partial charge in [-0.15, -0.1) is 11.3 Å². The summed E-state index contributed by atoms with van der Waals surface area (Å²) < 4.78 is 9.06. The predicted molar refractivity (Wildman–Crippen MR) is 199 cm³/mol. The van der Waals surface area contributed by atoms with E-state index in [0.717, 1.165) is 55.0 Å². The fourth-order valence-electron chi connectivity index (χ4n) is 6.80. The Labute approximate surface area is 279 Å². The standard InChI is InChI=1S/C43H25N3OS/c1-2-10-26(11-3-1)27-18-20-28(21-19-27)41-44-42(30-22-23-34-33-15-7-9-17-37(33)48-38(34)25-30)46-43(45-41)39-31-13-5-4-12-29(31)24-35-32-14-6-8-16-36(32)47-40(35)39/h1-25H. The molecule has 10 aromatic rings. The lowest BCUT2D eigenvalue weighted by atomic mass is 9.99. The summed E-state index contributed by atoms with van der Waals surface area (Å²) >= 11 is 1.79. The van der Waals surface area contributed by atoms with Gasteiger partial charge in [-0.3, -0.25) is 0 Å². The molecule has 4 nitrogen and oxygen atoms in total. The monoisotopic (exact) mass is 631 g/mol. The smallest absolute Gasteiger partial charge is 0.168 e. The van der Waals surface area contributed by atoms with Gasteiger partial charge in [-0.25, -0.2) is 15.0 Å². The van der Waals surface area contributed by atoms with E-state index >= 15 is 0 Å². The summed E-state index contributed by atoms with van der Waals surface area (Å²) in [6.07, 6.45) is 0. The number of furan rings is 1. The molecule has 0 saturated carbocycles. The van der Waals surface area contributed by atoms with E-state index in [1.807, 2.05) is 18.2 Å². The van der Waals surface area contributed by atoms with Crippen LogP contribution in [-0.4, -0.2) is 15.0 Å². The van der Waals surface area contributed by atoms with Crippen molar-refractivity contribution < 1.29 is 4.42 Å². The molecule has 48 heavy (non-hydrogen) atoms. The lowest BCUT2D eigenvalue weighted by molar-refractivity contribution is 0.670. The van der Waals surface area contributed by atoms with Gasteiger partial charge in [0.25, 0.3) is 0 Å². The molecule has 0 fully saturated rings. The third kappa shape index (κ3) is 4.33. The van der Waals surface area contributed by atoms with Crippen LogP contribution in [0, 0.1) is 0 Å². The summed E-state index contributed by atoms with van der Waals surface area (Å²) in [5.74, 6) is 1.82. The van der Waals surface area contributed by atoms with Crippen molar-refractivity contribution in [3.05, 3.63) is 152 Å². The number of benzene rings is 7. The van der Waals surface area contributed by atoms with Crippen LogP contribution in [0.1, 0.15) is 0 Å². The fourth-order valence-corrected chi connectivity index (χ4v) is 7.94.